The minimum Gasteiger partial charge on any atom is -0.326 e. The summed E-state index contributed by atoms with van der Waals surface area (Å²) in [5, 5.41) is 4.36. The van der Waals surface area contributed by atoms with Crippen molar-refractivity contribution in [2.45, 2.75) is 19.5 Å². The minimum atomic E-state index is -4.64. The highest BCUT2D eigenvalue weighted by Gasteiger charge is 2.33. The molecule has 8 heteroatoms. The molecular weight excluding hydrogens is 357 g/mol. The summed E-state index contributed by atoms with van der Waals surface area (Å²) in [5.74, 6) is -1.31. The van der Waals surface area contributed by atoms with Gasteiger partial charge in [-0.2, -0.15) is 13.2 Å². The second-order valence-corrected chi connectivity index (χ2v) is 5.69. The maximum Gasteiger partial charge on any atom is 0.417 e. The van der Waals surface area contributed by atoms with Crippen LogP contribution in [0.2, 0.25) is 5.02 Å². The summed E-state index contributed by atoms with van der Waals surface area (Å²) >= 11 is 5.51. The van der Waals surface area contributed by atoms with Crippen molar-refractivity contribution < 1.29 is 22.8 Å². The van der Waals surface area contributed by atoms with Crippen molar-refractivity contribution in [1.82, 2.24) is 0 Å². The Bertz CT molecular complexity index is 807. The summed E-state index contributed by atoms with van der Waals surface area (Å²) in [7, 11) is 0. The lowest BCUT2D eigenvalue weighted by atomic mass is 10.2. The number of aryl methyl sites for hydroxylation is 1. The molecule has 0 aliphatic heterocycles. The fourth-order valence-corrected chi connectivity index (χ4v) is 2.30. The summed E-state index contributed by atoms with van der Waals surface area (Å²) in [6.45, 7) is 1.79. The Balaban J connectivity index is 2.01. The van der Waals surface area contributed by atoms with Crippen molar-refractivity contribution in [3.05, 3.63) is 58.6 Å². The van der Waals surface area contributed by atoms with Gasteiger partial charge in [0.15, 0.2) is 0 Å². The lowest BCUT2D eigenvalue weighted by molar-refractivity contribution is -0.137. The monoisotopic (exact) mass is 370 g/mol. The van der Waals surface area contributed by atoms with Crippen molar-refractivity contribution in [2.24, 2.45) is 0 Å². The molecule has 2 amide bonds. The number of carbonyl (C=O) groups excluding carboxylic acids is 2. The third kappa shape index (κ3) is 5.22. The first-order chi connectivity index (χ1) is 11.7. The molecule has 0 unspecified atom stereocenters. The molecule has 0 radical (unpaired) electrons. The molecule has 0 atom stereocenters. The number of rotatable bonds is 4. The lowest BCUT2D eigenvalue weighted by Crippen LogP contribution is -2.22. The molecule has 2 aromatic carbocycles. The highest BCUT2D eigenvalue weighted by molar-refractivity contribution is 6.31. The first kappa shape index (κ1) is 18.8. The van der Waals surface area contributed by atoms with Crippen LogP contribution in [0, 0.1) is 6.92 Å². The summed E-state index contributed by atoms with van der Waals surface area (Å²) in [6.07, 6.45) is -5.17. The van der Waals surface area contributed by atoms with Gasteiger partial charge in [0.2, 0.25) is 11.8 Å². The van der Waals surface area contributed by atoms with Crippen LogP contribution in [-0.2, 0) is 15.8 Å². The van der Waals surface area contributed by atoms with E-state index in [2.05, 4.69) is 10.6 Å². The Kier molecular flexibility index (Phi) is 5.69. The molecule has 4 nitrogen and oxygen atoms in total. The molecule has 0 fully saturated rings. The van der Waals surface area contributed by atoms with E-state index in [0.717, 1.165) is 17.7 Å². The van der Waals surface area contributed by atoms with Crippen molar-refractivity contribution in [2.75, 3.05) is 10.6 Å². The number of halogens is 4. The predicted molar refractivity (Wildman–Crippen MR) is 89.5 cm³/mol. The van der Waals surface area contributed by atoms with E-state index in [-0.39, 0.29) is 5.69 Å². The van der Waals surface area contributed by atoms with Gasteiger partial charge in [0.05, 0.1) is 10.6 Å². The Morgan fingerprint density at radius 1 is 1.04 bits per heavy atom. The van der Waals surface area contributed by atoms with Crippen LogP contribution in [0.5, 0.6) is 0 Å². The molecule has 0 aliphatic rings. The van der Waals surface area contributed by atoms with Gasteiger partial charge in [0, 0.05) is 11.4 Å². The molecule has 0 spiro atoms. The van der Waals surface area contributed by atoms with Gasteiger partial charge in [0.1, 0.15) is 6.42 Å². The van der Waals surface area contributed by atoms with Crippen molar-refractivity contribution in [1.29, 1.82) is 0 Å². The van der Waals surface area contributed by atoms with E-state index < -0.39 is 35.0 Å². The van der Waals surface area contributed by atoms with Crippen molar-refractivity contribution in [3.63, 3.8) is 0 Å². The molecule has 0 bridgehead atoms. The lowest BCUT2D eigenvalue weighted by Gasteiger charge is -2.12. The van der Waals surface area contributed by atoms with E-state index in [1.165, 1.54) is 6.07 Å². The Morgan fingerprint density at radius 2 is 1.68 bits per heavy atom. The number of anilines is 2. The van der Waals surface area contributed by atoms with Crippen LogP contribution in [0.15, 0.2) is 42.5 Å². The average Bonchev–Trinajstić information content (AvgIpc) is 2.50. The van der Waals surface area contributed by atoms with E-state index >= 15 is 0 Å². The third-order valence-electron chi connectivity index (χ3n) is 3.30. The fourth-order valence-electron chi connectivity index (χ4n) is 2.08. The molecule has 2 N–H and O–H groups in total. The second kappa shape index (κ2) is 7.57. The van der Waals surface area contributed by atoms with E-state index in [0.29, 0.717) is 5.69 Å². The van der Waals surface area contributed by atoms with Gasteiger partial charge in [-0.25, -0.2) is 0 Å². The highest BCUT2D eigenvalue weighted by Crippen LogP contribution is 2.36. The number of nitrogens with one attached hydrogen (secondary N) is 2. The number of benzene rings is 2. The van der Waals surface area contributed by atoms with Crippen LogP contribution in [0.25, 0.3) is 0 Å². The first-order valence-electron chi connectivity index (χ1n) is 7.19. The van der Waals surface area contributed by atoms with Crippen LogP contribution < -0.4 is 10.6 Å². The quantitative estimate of drug-likeness (QED) is 0.771. The Labute approximate surface area is 147 Å². The smallest absolute Gasteiger partial charge is 0.326 e. The van der Waals surface area contributed by atoms with E-state index in [9.17, 15) is 22.8 Å². The number of alkyl halides is 3. The van der Waals surface area contributed by atoms with Gasteiger partial charge < -0.3 is 10.6 Å². The second-order valence-electron chi connectivity index (χ2n) is 5.28. The largest absolute Gasteiger partial charge is 0.417 e. The zero-order valence-corrected chi connectivity index (χ0v) is 13.8. The summed E-state index contributed by atoms with van der Waals surface area (Å²) < 4.78 is 38.4. The van der Waals surface area contributed by atoms with Crippen LogP contribution in [0.4, 0.5) is 24.5 Å². The summed E-state index contributed by atoms with van der Waals surface area (Å²) in [6, 6.07) is 10.00. The molecule has 0 saturated carbocycles. The SMILES string of the molecule is Cc1ccccc1NC(=O)CC(=O)Nc1ccc(Cl)c(C(F)(F)F)c1. The van der Waals surface area contributed by atoms with Crippen LogP contribution in [0.3, 0.4) is 0 Å². The topological polar surface area (TPSA) is 58.2 Å². The number of carbonyl (C=O) groups is 2. The first-order valence-corrected chi connectivity index (χ1v) is 7.56. The van der Waals surface area contributed by atoms with E-state index in [1.807, 2.05) is 0 Å². The number of hydrogen-bond donors (Lipinski definition) is 2. The Morgan fingerprint density at radius 3 is 2.32 bits per heavy atom. The van der Waals surface area contributed by atoms with Gasteiger partial charge in [0.25, 0.3) is 0 Å². The van der Waals surface area contributed by atoms with Crippen LogP contribution in [0.1, 0.15) is 17.5 Å². The molecule has 25 heavy (non-hydrogen) atoms. The minimum absolute atomic E-state index is 0.0922. The van der Waals surface area contributed by atoms with Crippen LogP contribution in [-0.4, -0.2) is 11.8 Å². The average molecular weight is 371 g/mol. The molecule has 132 valence electrons. The van der Waals surface area contributed by atoms with Gasteiger partial charge in [-0.1, -0.05) is 29.8 Å². The maximum absolute atomic E-state index is 12.8. The van der Waals surface area contributed by atoms with Crippen molar-refractivity contribution in [3.8, 4) is 0 Å². The van der Waals surface area contributed by atoms with E-state index in [1.54, 1.807) is 31.2 Å². The fraction of sp³-hybridized carbons (Fsp3) is 0.176. The molecule has 2 aromatic rings. The molecule has 0 aromatic heterocycles. The molecule has 0 aliphatic carbocycles. The molecule has 0 saturated heterocycles. The number of amides is 2. The summed E-state index contributed by atoms with van der Waals surface area (Å²) in [4.78, 5) is 23.7. The van der Waals surface area contributed by atoms with Gasteiger partial charge >= 0.3 is 6.18 Å². The number of para-hydroxylation sites is 1. The zero-order valence-electron chi connectivity index (χ0n) is 13.1. The highest BCUT2D eigenvalue weighted by atomic mass is 35.5. The number of hydrogen-bond acceptors (Lipinski definition) is 2. The predicted octanol–water partition coefficient (Wildman–Crippen LogP) is 4.63. The maximum atomic E-state index is 12.8. The molecule has 0 heterocycles. The normalized spacial score (nSPS) is 11.1. The molecule has 2 rings (SSSR count). The van der Waals surface area contributed by atoms with Crippen molar-refractivity contribution >= 4 is 34.8 Å². The van der Waals surface area contributed by atoms with Gasteiger partial charge in [-0.15, -0.1) is 0 Å². The Hall–Kier alpha value is -2.54. The van der Waals surface area contributed by atoms with E-state index in [4.69, 9.17) is 11.6 Å². The standard InChI is InChI=1S/C17H14ClF3N2O2/c1-10-4-2-3-5-14(10)23-16(25)9-15(24)22-11-6-7-13(18)12(8-11)17(19,20)21/h2-8H,9H2,1H3,(H,22,24)(H,23,25). The van der Waals surface area contributed by atoms with Gasteiger partial charge in [-0.3, -0.25) is 9.59 Å². The third-order valence-corrected chi connectivity index (χ3v) is 3.63. The molecular formula is C17H14ClF3N2O2. The zero-order chi connectivity index (χ0) is 18.6. The summed E-state index contributed by atoms with van der Waals surface area (Å²) in [5.41, 5.74) is 0.233. The van der Waals surface area contributed by atoms with Crippen LogP contribution >= 0.6 is 11.6 Å². The van der Waals surface area contributed by atoms with Gasteiger partial charge in [-0.05, 0) is 36.8 Å².